The van der Waals surface area contributed by atoms with Crippen LogP contribution in [0.4, 0.5) is 5.69 Å². The highest BCUT2D eigenvalue weighted by Crippen LogP contribution is 2.33. The normalized spacial score (nSPS) is 14.6. The number of hydrogen-bond donors (Lipinski definition) is 1. The summed E-state index contributed by atoms with van der Waals surface area (Å²) in [5.74, 6) is 0.813. The van der Waals surface area contributed by atoms with Crippen LogP contribution in [0.2, 0.25) is 0 Å². The van der Waals surface area contributed by atoms with E-state index in [1.807, 2.05) is 18.2 Å². The molecule has 1 aromatic carbocycles. The molecule has 0 aromatic heterocycles. The molecule has 2 N–H and O–H groups in total. The molecule has 0 aliphatic heterocycles. The van der Waals surface area contributed by atoms with Gasteiger partial charge in [-0.1, -0.05) is 6.07 Å². The van der Waals surface area contributed by atoms with Crippen molar-refractivity contribution in [2.75, 3.05) is 11.4 Å². The molecule has 3 nitrogen and oxygen atoms in total. The van der Waals surface area contributed by atoms with Crippen molar-refractivity contribution in [2.45, 2.75) is 39.3 Å². The second kappa shape index (κ2) is 5.41. The number of anilines is 1. The predicted molar refractivity (Wildman–Crippen MR) is 74.3 cm³/mol. The molecule has 2 rings (SSSR count). The number of rotatable bonds is 5. The zero-order valence-electron chi connectivity index (χ0n) is 11.2. The van der Waals surface area contributed by atoms with E-state index in [1.54, 1.807) is 0 Å². The minimum Gasteiger partial charge on any atom is -0.368 e. The Kier molecular flexibility index (Phi) is 3.88. The summed E-state index contributed by atoms with van der Waals surface area (Å²) in [6.45, 7) is 5.91. The number of nitrogens with two attached hydrogens (primary N) is 1. The van der Waals surface area contributed by atoms with Gasteiger partial charge in [-0.3, -0.25) is 0 Å². The Morgan fingerprint density at radius 1 is 1.44 bits per heavy atom. The highest BCUT2D eigenvalue weighted by molar-refractivity contribution is 5.61. The first-order chi connectivity index (χ1) is 8.65. The van der Waals surface area contributed by atoms with Gasteiger partial charge < -0.3 is 10.6 Å². The SMILES string of the molecule is CC(C)N(CC1CC1)c1ccc(CN)cc1C#N. The van der Waals surface area contributed by atoms with Crippen molar-refractivity contribution in [3.63, 3.8) is 0 Å². The van der Waals surface area contributed by atoms with Crippen molar-refractivity contribution in [2.24, 2.45) is 11.7 Å². The first kappa shape index (κ1) is 12.9. The lowest BCUT2D eigenvalue weighted by molar-refractivity contribution is 0.644. The molecular formula is C15H21N3. The van der Waals surface area contributed by atoms with Gasteiger partial charge in [-0.15, -0.1) is 0 Å². The average molecular weight is 243 g/mol. The van der Waals surface area contributed by atoms with Crippen LogP contribution in [0, 0.1) is 17.2 Å². The number of hydrogen-bond acceptors (Lipinski definition) is 3. The van der Waals surface area contributed by atoms with E-state index in [0.29, 0.717) is 12.6 Å². The molecule has 1 aliphatic carbocycles. The highest BCUT2D eigenvalue weighted by Gasteiger charge is 2.26. The summed E-state index contributed by atoms with van der Waals surface area (Å²) in [6.07, 6.45) is 2.65. The first-order valence-corrected chi connectivity index (χ1v) is 6.65. The Morgan fingerprint density at radius 2 is 2.17 bits per heavy atom. The molecule has 1 fully saturated rings. The lowest BCUT2D eigenvalue weighted by atomic mass is 10.1. The second-order valence-electron chi connectivity index (χ2n) is 5.36. The fourth-order valence-corrected chi connectivity index (χ4v) is 2.22. The summed E-state index contributed by atoms with van der Waals surface area (Å²) >= 11 is 0. The molecule has 0 atom stereocenters. The fraction of sp³-hybridized carbons (Fsp3) is 0.533. The van der Waals surface area contributed by atoms with E-state index in [2.05, 4.69) is 24.8 Å². The Morgan fingerprint density at radius 3 is 2.67 bits per heavy atom. The lowest BCUT2D eigenvalue weighted by Crippen LogP contribution is -2.33. The minimum atomic E-state index is 0.418. The Labute approximate surface area is 109 Å². The molecule has 0 radical (unpaired) electrons. The summed E-state index contributed by atoms with van der Waals surface area (Å²) in [5, 5.41) is 9.30. The third-order valence-electron chi connectivity index (χ3n) is 3.50. The van der Waals surface area contributed by atoms with Crippen molar-refractivity contribution in [3.8, 4) is 6.07 Å². The van der Waals surface area contributed by atoms with Crippen molar-refractivity contribution in [1.29, 1.82) is 5.26 Å². The van der Waals surface area contributed by atoms with E-state index >= 15 is 0 Å². The number of benzene rings is 1. The third kappa shape index (κ3) is 2.83. The van der Waals surface area contributed by atoms with E-state index in [9.17, 15) is 5.26 Å². The largest absolute Gasteiger partial charge is 0.368 e. The van der Waals surface area contributed by atoms with Gasteiger partial charge in [-0.25, -0.2) is 0 Å². The van der Waals surface area contributed by atoms with Crippen molar-refractivity contribution in [1.82, 2.24) is 0 Å². The van der Waals surface area contributed by atoms with E-state index < -0.39 is 0 Å². The quantitative estimate of drug-likeness (QED) is 0.865. The van der Waals surface area contributed by atoms with Crippen molar-refractivity contribution >= 4 is 5.69 Å². The van der Waals surface area contributed by atoms with Crippen LogP contribution < -0.4 is 10.6 Å². The van der Waals surface area contributed by atoms with Crippen LogP contribution in [0.25, 0.3) is 0 Å². The summed E-state index contributed by atoms with van der Waals surface area (Å²) in [4.78, 5) is 2.34. The van der Waals surface area contributed by atoms with Gasteiger partial charge in [0.15, 0.2) is 0 Å². The van der Waals surface area contributed by atoms with E-state index in [1.165, 1.54) is 12.8 Å². The van der Waals surface area contributed by atoms with Gasteiger partial charge in [0.25, 0.3) is 0 Å². The third-order valence-corrected chi connectivity index (χ3v) is 3.50. The van der Waals surface area contributed by atoms with Gasteiger partial charge in [0, 0.05) is 19.1 Å². The van der Waals surface area contributed by atoms with E-state index in [4.69, 9.17) is 5.73 Å². The van der Waals surface area contributed by atoms with Gasteiger partial charge in [-0.2, -0.15) is 5.26 Å². The summed E-state index contributed by atoms with van der Waals surface area (Å²) in [5.41, 5.74) is 8.44. The van der Waals surface area contributed by atoms with Crippen molar-refractivity contribution in [3.05, 3.63) is 29.3 Å². The number of nitrogens with zero attached hydrogens (tertiary/aromatic N) is 2. The van der Waals surface area contributed by atoms with Crippen LogP contribution in [0.5, 0.6) is 0 Å². The van der Waals surface area contributed by atoms with Gasteiger partial charge in [-0.05, 0) is 50.3 Å². The molecule has 1 saturated carbocycles. The molecule has 0 saturated heterocycles. The Hall–Kier alpha value is -1.53. The lowest BCUT2D eigenvalue weighted by Gasteiger charge is -2.30. The van der Waals surface area contributed by atoms with Crippen LogP contribution in [-0.2, 0) is 6.54 Å². The van der Waals surface area contributed by atoms with E-state index in [-0.39, 0.29) is 0 Å². The highest BCUT2D eigenvalue weighted by atomic mass is 15.2. The minimum absolute atomic E-state index is 0.418. The maximum absolute atomic E-state index is 9.30. The Bertz CT molecular complexity index is 455. The molecule has 0 spiro atoms. The molecular weight excluding hydrogens is 222 g/mol. The van der Waals surface area contributed by atoms with Gasteiger partial charge in [0.05, 0.1) is 11.3 Å². The molecule has 0 heterocycles. The molecule has 0 bridgehead atoms. The molecule has 0 amide bonds. The van der Waals surface area contributed by atoms with Gasteiger partial charge >= 0.3 is 0 Å². The smallest absolute Gasteiger partial charge is 0.101 e. The summed E-state index contributed by atoms with van der Waals surface area (Å²) in [7, 11) is 0. The zero-order valence-corrected chi connectivity index (χ0v) is 11.2. The molecule has 18 heavy (non-hydrogen) atoms. The van der Waals surface area contributed by atoms with Crippen LogP contribution in [0.3, 0.4) is 0 Å². The molecule has 96 valence electrons. The molecule has 3 heteroatoms. The first-order valence-electron chi connectivity index (χ1n) is 6.65. The maximum atomic E-state index is 9.30. The predicted octanol–water partition coefficient (Wildman–Crippen LogP) is 2.64. The Balaban J connectivity index is 2.30. The molecule has 1 aromatic rings. The topological polar surface area (TPSA) is 53.0 Å². The average Bonchev–Trinajstić information content (AvgIpc) is 3.19. The van der Waals surface area contributed by atoms with Crippen LogP contribution in [0.15, 0.2) is 18.2 Å². The second-order valence-corrected chi connectivity index (χ2v) is 5.36. The summed E-state index contributed by atoms with van der Waals surface area (Å²) in [6, 6.07) is 8.71. The summed E-state index contributed by atoms with van der Waals surface area (Å²) < 4.78 is 0. The molecule has 1 aliphatic rings. The monoisotopic (exact) mass is 243 g/mol. The van der Waals surface area contributed by atoms with E-state index in [0.717, 1.165) is 29.3 Å². The van der Waals surface area contributed by atoms with Crippen molar-refractivity contribution < 1.29 is 0 Å². The fourth-order valence-electron chi connectivity index (χ4n) is 2.22. The van der Waals surface area contributed by atoms with Crippen LogP contribution >= 0.6 is 0 Å². The van der Waals surface area contributed by atoms with Crippen LogP contribution in [0.1, 0.15) is 37.8 Å². The van der Waals surface area contributed by atoms with Gasteiger partial charge in [0.1, 0.15) is 6.07 Å². The standard InChI is InChI=1S/C15H21N3/c1-11(2)18(10-12-3-4-12)15-6-5-13(8-16)7-14(15)9-17/h5-7,11-12H,3-4,8,10,16H2,1-2H3. The molecule has 0 unspecified atom stereocenters. The maximum Gasteiger partial charge on any atom is 0.101 e. The van der Waals surface area contributed by atoms with Crippen LogP contribution in [-0.4, -0.2) is 12.6 Å². The van der Waals surface area contributed by atoms with Gasteiger partial charge in [0.2, 0.25) is 0 Å². The zero-order chi connectivity index (χ0) is 13.1. The number of nitriles is 1.